The van der Waals surface area contributed by atoms with Gasteiger partial charge in [-0.1, -0.05) is 55.5 Å². The van der Waals surface area contributed by atoms with E-state index in [0.717, 1.165) is 11.3 Å². The number of carboxylic acid groups (broad SMARTS) is 1. The number of carbonyl (C=O) groups excluding carboxylic acids is 1. The number of para-hydroxylation sites is 1. The van der Waals surface area contributed by atoms with Gasteiger partial charge in [-0.2, -0.15) is 0 Å². The average Bonchev–Trinajstić information content (AvgIpc) is 3.03. The summed E-state index contributed by atoms with van der Waals surface area (Å²) in [5.74, 6) is -1.28. The van der Waals surface area contributed by atoms with Crippen LogP contribution in [0.15, 0.2) is 66.9 Å². The quantitative estimate of drug-likeness (QED) is 0.707. The maximum atomic E-state index is 12.3. The van der Waals surface area contributed by atoms with Crippen LogP contribution in [-0.2, 0) is 0 Å². The van der Waals surface area contributed by atoms with E-state index in [4.69, 9.17) is 0 Å². The van der Waals surface area contributed by atoms with Crippen molar-refractivity contribution >= 4 is 11.8 Å². The Hall–Kier alpha value is -3.14. The molecule has 0 saturated heterocycles. The molecule has 4 nitrogen and oxygen atoms in total. The molecule has 0 aliphatic rings. The van der Waals surface area contributed by atoms with Crippen LogP contribution in [0.4, 0.5) is 0 Å². The van der Waals surface area contributed by atoms with Gasteiger partial charge in [0.15, 0.2) is 5.78 Å². The highest BCUT2D eigenvalue weighted by Gasteiger charge is 2.26. The molecule has 0 aliphatic heterocycles. The Balaban J connectivity index is 2.36. The fourth-order valence-corrected chi connectivity index (χ4v) is 2.80. The number of hydrogen-bond acceptors (Lipinski definition) is 2. The number of carboxylic acids is 1. The van der Waals surface area contributed by atoms with Gasteiger partial charge in [0.25, 0.3) is 0 Å². The van der Waals surface area contributed by atoms with Gasteiger partial charge in [-0.05, 0) is 17.7 Å². The third-order valence-corrected chi connectivity index (χ3v) is 3.92. The summed E-state index contributed by atoms with van der Waals surface area (Å²) in [7, 11) is 0. The third kappa shape index (κ3) is 2.74. The molecular formula is C20H17NO3. The Labute approximate surface area is 140 Å². The van der Waals surface area contributed by atoms with E-state index in [-0.39, 0.29) is 23.3 Å². The predicted molar refractivity (Wildman–Crippen MR) is 92.8 cm³/mol. The number of aromatic carboxylic acids is 1. The largest absolute Gasteiger partial charge is 0.478 e. The number of Topliss-reactive ketones (excluding diaryl/α,β-unsaturated/α-hetero) is 1. The molecule has 24 heavy (non-hydrogen) atoms. The number of hydrogen-bond donors (Lipinski definition) is 1. The van der Waals surface area contributed by atoms with Crippen molar-refractivity contribution in [2.24, 2.45) is 0 Å². The highest BCUT2D eigenvalue weighted by Crippen LogP contribution is 2.32. The lowest BCUT2D eigenvalue weighted by molar-refractivity contribution is 0.0693. The Bertz CT molecular complexity index is 880. The first-order chi connectivity index (χ1) is 11.6. The van der Waals surface area contributed by atoms with E-state index in [2.05, 4.69) is 0 Å². The summed E-state index contributed by atoms with van der Waals surface area (Å²) in [6.07, 6.45) is 1.89. The number of ketones is 1. The van der Waals surface area contributed by atoms with Crippen LogP contribution in [-0.4, -0.2) is 21.4 Å². The summed E-state index contributed by atoms with van der Waals surface area (Å²) in [4.78, 5) is 24.2. The van der Waals surface area contributed by atoms with E-state index in [9.17, 15) is 14.7 Å². The SMILES string of the molecule is CCC(=O)c1cn(-c2ccccc2)c(-c2ccccc2)c1C(=O)O. The molecule has 0 bridgehead atoms. The summed E-state index contributed by atoms with van der Waals surface area (Å²) in [6, 6.07) is 18.7. The second-order valence-corrected chi connectivity index (χ2v) is 5.42. The standard InChI is InChI=1S/C20H17NO3/c1-2-17(22)16-13-21(15-11-7-4-8-12-15)19(18(16)20(23)24)14-9-5-3-6-10-14/h3-13H,2H2,1H3,(H,23,24). The molecule has 0 spiro atoms. The predicted octanol–water partition coefficient (Wildman–Crippen LogP) is 4.44. The molecule has 3 rings (SSSR count). The van der Waals surface area contributed by atoms with Crippen molar-refractivity contribution in [3.05, 3.63) is 78.0 Å². The third-order valence-electron chi connectivity index (χ3n) is 3.92. The maximum absolute atomic E-state index is 12.3. The van der Waals surface area contributed by atoms with E-state index in [1.807, 2.05) is 60.7 Å². The summed E-state index contributed by atoms with van der Waals surface area (Å²) in [5, 5.41) is 9.75. The van der Waals surface area contributed by atoms with Crippen LogP contribution in [0.5, 0.6) is 0 Å². The maximum Gasteiger partial charge on any atom is 0.338 e. The topological polar surface area (TPSA) is 59.3 Å². The molecular weight excluding hydrogens is 302 g/mol. The fourth-order valence-electron chi connectivity index (χ4n) is 2.80. The molecule has 0 aliphatic carbocycles. The first-order valence-corrected chi connectivity index (χ1v) is 7.76. The van der Waals surface area contributed by atoms with Gasteiger partial charge >= 0.3 is 5.97 Å². The first kappa shape index (κ1) is 15.7. The van der Waals surface area contributed by atoms with E-state index in [1.54, 1.807) is 17.7 Å². The molecule has 1 heterocycles. The summed E-state index contributed by atoms with van der Waals surface area (Å²) >= 11 is 0. The zero-order chi connectivity index (χ0) is 17.1. The Morgan fingerprint density at radius 3 is 2.08 bits per heavy atom. The second kappa shape index (κ2) is 6.54. The van der Waals surface area contributed by atoms with E-state index >= 15 is 0 Å². The van der Waals surface area contributed by atoms with Gasteiger partial charge in [-0.3, -0.25) is 4.79 Å². The van der Waals surface area contributed by atoms with Gasteiger partial charge in [-0.25, -0.2) is 4.79 Å². The number of rotatable bonds is 5. The molecule has 120 valence electrons. The summed E-state index contributed by atoms with van der Waals surface area (Å²) in [6.45, 7) is 1.73. The summed E-state index contributed by atoms with van der Waals surface area (Å²) in [5.41, 5.74) is 2.39. The number of aromatic nitrogens is 1. The Kier molecular flexibility index (Phi) is 4.29. The molecule has 4 heteroatoms. The van der Waals surface area contributed by atoms with E-state index in [1.165, 1.54) is 0 Å². The number of benzene rings is 2. The van der Waals surface area contributed by atoms with Crippen molar-refractivity contribution in [2.45, 2.75) is 13.3 Å². The number of carbonyl (C=O) groups is 2. The minimum Gasteiger partial charge on any atom is -0.478 e. The smallest absolute Gasteiger partial charge is 0.338 e. The van der Waals surface area contributed by atoms with Gasteiger partial charge in [0.05, 0.1) is 16.8 Å². The van der Waals surface area contributed by atoms with Crippen LogP contribution in [0.3, 0.4) is 0 Å². The average molecular weight is 319 g/mol. The summed E-state index contributed by atoms with van der Waals surface area (Å²) < 4.78 is 1.78. The molecule has 0 unspecified atom stereocenters. The van der Waals surface area contributed by atoms with Crippen molar-refractivity contribution < 1.29 is 14.7 Å². The molecule has 0 amide bonds. The van der Waals surface area contributed by atoms with Crippen LogP contribution >= 0.6 is 0 Å². The van der Waals surface area contributed by atoms with Gasteiger partial charge in [0.2, 0.25) is 0 Å². The highest BCUT2D eigenvalue weighted by atomic mass is 16.4. The van der Waals surface area contributed by atoms with Crippen molar-refractivity contribution in [3.8, 4) is 16.9 Å². The van der Waals surface area contributed by atoms with Crippen molar-refractivity contribution in [1.29, 1.82) is 0 Å². The monoisotopic (exact) mass is 319 g/mol. The molecule has 0 atom stereocenters. The van der Waals surface area contributed by atoms with E-state index < -0.39 is 5.97 Å². The molecule has 2 aromatic carbocycles. The van der Waals surface area contributed by atoms with Crippen molar-refractivity contribution in [1.82, 2.24) is 4.57 Å². The molecule has 3 aromatic rings. The van der Waals surface area contributed by atoms with Crippen LogP contribution < -0.4 is 0 Å². The lowest BCUT2D eigenvalue weighted by Gasteiger charge is -2.10. The van der Waals surface area contributed by atoms with Gasteiger partial charge in [0, 0.05) is 18.3 Å². The lowest BCUT2D eigenvalue weighted by Crippen LogP contribution is -2.06. The molecule has 1 N–H and O–H groups in total. The second-order valence-electron chi connectivity index (χ2n) is 5.42. The Morgan fingerprint density at radius 2 is 1.54 bits per heavy atom. The number of nitrogens with zero attached hydrogens (tertiary/aromatic N) is 1. The van der Waals surface area contributed by atoms with Crippen LogP contribution in [0.25, 0.3) is 16.9 Å². The normalized spacial score (nSPS) is 10.5. The van der Waals surface area contributed by atoms with Gasteiger partial charge < -0.3 is 9.67 Å². The zero-order valence-electron chi connectivity index (χ0n) is 13.3. The molecule has 0 radical (unpaired) electrons. The fraction of sp³-hybridized carbons (Fsp3) is 0.100. The minimum atomic E-state index is -1.10. The van der Waals surface area contributed by atoms with E-state index in [0.29, 0.717) is 5.69 Å². The highest BCUT2D eigenvalue weighted by molar-refractivity contribution is 6.09. The zero-order valence-corrected chi connectivity index (χ0v) is 13.3. The van der Waals surface area contributed by atoms with Crippen molar-refractivity contribution in [3.63, 3.8) is 0 Å². The molecule has 1 aromatic heterocycles. The van der Waals surface area contributed by atoms with Crippen molar-refractivity contribution in [2.75, 3.05) is 0 Å². The Morgan fingerprint density at radius 1 is 0.958 bits per heavy atom. The van der Waals surface area contributed by atoms with Gasteiger partial charge in [0.1, 0.15) is 0 Å². The minimum absolute atomic E-state index is 0.0527. The molecule has 0 fully saturated rings. The molecule has 0 saturated carbocycles. The van der Waals surface area contributed by atoms with Gasteiger partial charge in [-0.15, -0.1) is 0 Å². The van der Waals surface area contributed by atoms with Crippen LogP contribution in [0, 0.1) is 0 Å². The first-order valence-electron chi connectivity index (χ1n) is 7.76. The lowest BCUT2D eigenvalue weighted by atomic mass is 10.0. The van der Waals surface area contributed by atoms with Crippen LogP contribution in [0.1, 0.15) is 34.1 Å². The van der Waals surface area contributed by atoms with Crippen LogP contribution in [0.2, 0.25) is 0 Å².